The number of hydrogen-bond donors (Lipinski definition) is 2. The second-order valence-electron chi connectivity index (χ2n) is 5.75. The van der Waals surface area contributed by atoms with Crippen molar-refractivity contribution in [3.63, 3.8) is 0 Å². The van der Waals surface area contributed by atoms with Crippen LogP contribution in [0.1, 0.15) is 53.4 Å². The van der Waals surface area contributed by atoms with Gasteiger partial charge in [-0.05, 0) is 11.8 Å². The number of carbonyl (C=O) groups excluding carboxylic acids is 2. The van der Waals surface area contributed by atoms with Crippen LogP contribution in [-0.2, 0) is 9.53 Å². The van der Waals surface area contributed by atoms with Gasteiger partial charge < -0.3 is 15.4 Å². The molecule has 0 aliphatic rings. The maximum Gasteiger partial charge on any atom is 0.407 e. The van der Waals surface area contributed by atoms with E-state index >= 15 is 0 Å². The van der Waals surface area contributed by atoms with Crippen LogP contribution in [0.25, 0.3) is 0 Å². The summed E-state index contributed by atoms with van der Waals surface area (Å²) in [5, 5.41) is 5.18. The molecule has 2 N–H and O–H groups in total. The molecule has 0 aliphatic heterocycles. The molecule has 1 atom stereocenters. The lowest BCUT2D eigenvalue weighted by Crippen LogP contribution is -2.53. The molecule has 19 heavy (non-hydrogen) atoms. The van der Waals surface area contributed by atoms with E-state index in [0.717, 1.165) is 25.7 Å². The molecule has 0 saturated heterocycles. The van der Waals surface area contributed by atoms with Gasteiger partial charge in [0.05, 0.1) is 6.61 Å². The first-order valence-electron chi connectivity index (χ1n) is 6.97. The topological polar surface area (TPSA) is 67.4 Å². The van der Waals surface area contributed by atoms with E-state index in [-0.39, 0.29) is 11.3 Å². The van der Waals surface area contributed by atoms with Gasteiger partial charge in [0.2, 0.25) is 5.91 Å². The Morgan fingerprint density at radius 1 is 1.16 bits per heavy atom. The van der Waals surface area contributed by atoms with Crippen LogP contribution in [0.5, 0.6) is 0 Å². The summed E-state index contributed by atoms with van der Waals surface area (Å²) in [5.74, 6) is -0.213. The van der Waals surface area contributed by atoms with Crippen molar-refractivity contribution in [1.29, 1.82) is 0 Å². The zero-order chi connectivity index (χ0) is 14.9. The van der Waals surface area contributed by atoms with Crippen LogP contribution in [0.2, 0.25) is 0 Å². The number of likely N-dealkylation sites (N-methyl/N-ethyl adjacent to an activating group) is 1. The lowest BCUT2D eigenvalue weighted by atomic mass is 9.86. The standard InChI is InChI=1S/C14H28N2O3/c1-6-7-8-9-10-19-13(18)16-11(12(17)15-5)14(2,3)4/h11H,6-10H2,1-5H3,(H,15,17)(H,16,18). The number of rotatable bonds is 7. The van der Waals surface area contributed by atoms with Crippen LogP contribution in [0.4, 0.5) is 4.79 Å². The van der Waals surface area contributed by atoms with E-state index in [4.69, 9.17) is 4.74 Å². The number of unbranched alkanes of at least 4 members (excludes halogenated alkanes) is 3. The van der Waals surface area contributed by atoms with Gasteiger partial charge in [0.1, 0.15) is 6.04 Å². The maximum absolute atomic E-state index is 11.7. The number of carbonyl (C=O) groups is 2. The largest absolute Gasteiger partial charge is 0.450 e. The highest BCUT2D eigenvalue weighted by atomic mass is 16.5. The summed E-state index contributed by atoms with van der Waals surface area (Å²) in [5.41, 5.74) is -0.360. The fourth-order valence-corrected chi connectivity index (χ4v) is 1.67. The van der Waals surface area contributed by atoms with Crippen molar-refractivity contribution < 1.29 is 14.3 Å². The van der Waals surface area contributed by atoms with Crippen molar-refractivity contribution in [3.05, 3.63) is 0 Å². The van der Waals surface area contributed by atoms with Crippen LogP contribution < -0.4 is 10.6 Å². The zero-order valence-corrected chi connectivity index (χ0v) is 12.8. The van der Waals surface area contributed by atoms with Gasteiger partial charge in [0, 0.05) is 7.05 Å². The Morgan fingerprint density at radius 3 is 2.26 bits per heavy atom. The highest BCUT2D eigenvalue weighted by Gasteiger charge is 2.32. The summed E-state index contributed by atoms with van der Waals surface area (Å²) < 4.78 is 5.08. The average molecular weight is 272 g/mol. The van der Waals surface area contributed by atoms with Crippen LogP contribution in [0.15, 0.2) is 0 Å². The predicted molar refractivity (Wildman–Crippen MR) is 75.9 cm³/mol. The molecule has 112 valence electrons. The summed E-state index contributed by atoms with van der Waals surface area (Å²) >= 11 is 0. The number of hydrogen-bond acceptors (Lipinski definition) is 3. The van der Waals surface area contributed by atoms with Crippen LogP contribution in [0, 0.1) is 5.41 Å². The number of alkyl carbamates (subject to hydrolysis) is 1. The molecule has 0 aromatic rings. The zero-order valence-electron chi connectivity index (χ0n) is 12.8. The Morgan fingerprint density at radius 2 is 1.79 bits per heavy atom. The van der Waals surface area contributed by atoms with Crippen molar-refractivity contribution in [3.8, 4) is 0 Å². The van der Waals surface area contributed by atoms with Crippen LogP contribution >= 0.6 is 0 Å². The third-order valence-electron chi connectivity index (χ3n) is 2.87. The molecule has 5 nitrogen and oxygen atoms in total. The smallest absolute Gasteiger partial charge is 0.407 e. The van der Waals surface area contributed by atoms with Crippen LogP contribution in [0.3, 0.4) is 0 Å². The van der Waals surface area contributed by atoms with Crippen molar-refractivity contribution in [1.82, 2.24) is 10.6 Å². The van der Waals surface area contributed by atoms with Gasteiger partial charge >= 0.3 is 6.09 Å². The Balaban J connectivity index is 4.15. The lowest BCUT2D eigenvalue weighted by Gasteiger charge is -2.29. The van der Waals surface area contributed by atoms with Crippen molar-refractivity contribution in [2.24, 2.45) is 5.41 Å². The summed E-state index contributed by atoms with van der Waals surface area (Å²) in [6.07, 6.45) is 3.69. The van der Waals surface area contributed by atoms with Gasteiger partial charge in [0.15, 0.2) is 0 Å². The highest BCUT2D eigenvalue weighted by molar-refractivity contribution is 5.86. The number of ether oxygens (including phenoxy) is 1. The van der Waals surface area contributed by atoms with E-state index in [1.807, 2.05) is 20.8 Å². The van der Waals surface area contributed by atoms with Gasteiger partial charge in [-0.25, -0.2) is 4.79 Å². The Bertz CT molecular complexity index is 285. The Labute approximate surface area is 116 Å². The fourth-order valence-electron chi connectivity index (χ4n) is 1.67. The second-order valence-corrected chi connectivity index (χ2v) is 5.75. The quantitative estimate of drug-likeness (QED) is 0.700. The molecule has 0 spiro atoms. The Kier molecular flexibility index (Phi) is 8.19. The first kappa shape index (κ1) is 17.7. The molecule has 0 aromatic carbocycles. The summed E-state index contributed by atoms with van der Waals surface area (Å²) in [6.45, 7) is 8.22. The number of amides is 2. The van der Waals surface area contributed by atoms with Crippen molar-refractivity contribution in [2.45, 2.75) is 59.4 Å². The molecule has 5 heteroatoms. The number of nitrogens with one attached hydrogen (secondary N) is 2. The molecule has 0 aliphatic carbocycles. The first-order chi connectivity index (χ1) is 8.82. The van der Waals surface area contributed by atoms with E-state index in [9.17, 15) is 9.59 Å². The normalized spacial score (nSPS) is 12.7. The molecule has 0 rings (SSSR count). The second kappa shape index (κ2) is 8.77. The molecule has 1 unspecified atom stereocenters. The molecule has 0 radical (unpaired) electrons. The van der Waals surface area contributed by atoms with Crippen molar-refractivity contribution >= 4 is 12.0 Å². The third kappa shape index (κ3) is 7.70. The lowest BCUT2D eigenvalue weighted by molar-refractivity contribution is -0.125. The highest BCUT2D eigenvalue weighted by Crippen LogP contribution is 2.19. The monoisotopic (exact) mass is 272 g/mol. The minimum absolute atomic E-state index is 0.213. The summed E-state index contributed by atoms with van der Waals surface area (Å²) in [6, 6.07) is -0.597. The van der Waals surface area contributed by atoms with Gasteiger partial charge in [-0.3, -0.25) is 4.79 Å². The molecule has 0 bridgehead atoms. The molecule has 0 saturated carbocycles. The van der Waals surface area contributed by atoms with Crippen LogP contribution in [-0.4, -0.2) is 31.7 Å². The summed E-state index contributed by atoms with van der Waals surface area (Å²) in [7, 11) is 1.55. The van der Waals surface area contributed by atoms with E-state index < -0.39 is 12.1 Å². The van der Waals surface area contributed by atoms with E-state index in [1.54, 1.807) is 7.05 Å². The van der Waals surface area contributed by atoms with E-state index in [2.05, 4.69) is 17.6 Å². The fraction of sp³-hybridized carbons (Fsp3) is 0.857. The average Bonchev–Trinajstić information content (AvgIpc) is 2.33. The summed E-state index contributed by atoms with van der Waals surface area (Å²) in [4.78, 5) is 23.4. The van der Waals surface area contributed by atoms with E-state index in [1.165, 1.54) is 0 Å². The predicted octanol–water partition coefficient (Wildman–Crippen LogP) is 2.45. The van der Waals surface area contributed by atoms with Gasteiger partial charge in [-0.2, -0.15) is 0 Å². The van der Waals surface area contributed by atoms with Crippen molar-refractivity contribution in [2.75, 3.05) is 13.7 Å². The first-order valence-corrected chi connectivity index (χ1v) is 6.97. The Hall–Kier alpha value is -1.26. The maximum atomic E-state index is 11.7. The minimum atomic E-state index is -0.597. The molecule has 0 aromatic heterocycles. The molecular formula is C14H28N2O3. The minimum Gasteiger partial charge on any atom is -0.450 e. The molecule has 0 fully saturated rings. The molecular weight excluding hydrogens is 244 g/mol. The van der Waals surface area contributed by atoms with Gasteiger partial charge in [-0.1, -0.05) is 47.0 Å². The van der Waals surface area contributed by atoms with E-state index in [0.29, 0.717) is 6.61 Å². The molecule has 2 amide bonds. The van der Waals surface area contributed by atoms with Gasteiger partial charge in [0.25, 0.3) is 0 Å². The SMILES string of the molecule is CCCCCCOC(=O)NC(C(=O)NC)C(C)(C)C. The van der Waals surface area contributed by atoms with Gasteiger partial charge in [-0.15, -0.1) is 0 Å². The molecule has 0 heterocycles. The third-order valence-corrected chi connectivity index (χ3v) is 2.87.